The summed E-state index contributed by atoms with van der Waals surface area (Å²) >= 11 is 0. The van der Waals surface area contributed by atoms with Crippen LogP contribution in [0.15, 0.2) is 54.6 Å². The van der Waals surface area contributed by atoms with Crippen molar-refractivity contribution in [1.82, 2.24) is 20.1 Å². The molecular weight excluding hydrogens is 413 g/mol. The summed E-state index contributed by atoms with van der Waals surface area (Å²) in [7, 11) is 0. The molecule has 1 aromatic heterocycles. The number of H-pyrrole nitrogens is 1. The zero-order valence-corrected chi connectivity index (χ0v) is 16.3. The number of nitrogens with one attached hydrogen (secondary N) is 1. The van der Waals surface area contributed by atoms with Crippen molar-refractivity contribution in [3.63, 3.8) is 0 Å². The maximum absolute atomic E-state index is 13.0. The van der Waals surface area contributed by atoms with E-state index in [1.807, 2.05) is 6.07 Å². The number of alkyl halides is 3. The van der Waals surface area contributed by atoms with Gasteiger partial charge in [0.05, 0.1) is 18.8 Å². The largest absolute Gasteiger partial charge is 0.484 e. The molecule has 3 aromatic rings. The number of aromatic nitrogens is 3. The molecule has 1 fully saturated rings. The smallest absolute Gasteiger partial charge is 0.416 e. The molecule has 1 amide bonds. The summed E-state index contributed by atoms with van der Waals surface area (Å²) < 4.78 is 50.0. The van der Waals surface area contributed by atoms with Crippen LogP contribution >= 0.6 is 0 Å². The number of para-hydroxylation sites is 1. The number of aromatic amines is 1. The van der Waals surface area contributed by atoms with E-state index in [-0.39, 0.29) is 30.5 Å². The second-order valence-electron chi connectivity index (χ2n) is 6.90. The Bertz CT molecular complexity index is 1040. The lowest BCUT2D eigenvalue weighted by atomic mass is 10.1. The van der Waals surface area contributed by atoms with Crippen LogP contribution in [0, 0.1) is 0 Å². The number of amides is 1. The number of carbonyl (C=O) groups excluding carboxylic acids is 1. The number of ether oxygens (including phenoxy) is 2. The summed E-state index contributed by atoms with van der Waals surface area (Å²) in [5, 5.41) is 6.78. The number of rotatable bonds is 5. The highest BCUT2D eigenvalue weighted by Crippen LogP contribution is 2.32. The molecule has 0 saturated carbocycles. The lowest BCUT2D eigenvalue weighted by Crippen LogP contribution is -2.45. The van der Waals surface area contributed by atoms with Gasteiger partial charge in [0.25, 0.3) is 5.91 Å². The lowest BCUT2D eigenvalue weighted by Gasteiger charge is -2.34. The summed E-state index contributed by atoms with van der Waals surface area (Å²) in [4.78, 5) is 18.6. The average Bonchev–Trinajstić information content (AvgIpc) is 3.28. The number of nitrogens with zero attached hydrogens (tertiary/aromatic N) is 3. The van der Waals surface area contributed by atoms with Gasteiger partial charge < -0.3 is 14.4 Å². The first kappa shape index (κ1) is 20.9. The fraction of sp³-hybridized carbons (Fsp3) is 0.286. The molecule has 0 radical (unpaired) electrons. The van der Waals surface area contributed by atoms with Gasteiger partial charge in [-0.2, -0.15) is 18.3 Å². The number of benzene rings is 2. The molecule has 1 unspecified atom stereocenters. The van der Waals surface area contributed by atoms with E-state index in [0.29, 0.717) is 24.7 Å². The zero-order valence-electron chi connectivity index (χ0n) is 16.3. The average molecular weight is 432 g/mol. The number of carbonyl (C=O) groups is 1. The van der Waals surface area contributed by atoms with Gasteiger partial charge in [-0.25, -0.2) is 4.98 Å². The van der Waals surface area contributed by atoms with E-state index >= 15 is 0 Å². The minimum atomic E-state index is -4.46. The molecular formula is C21H19F3N4O3. The molecule has 1 aliphatic heterocycles. The molecule has 0 bridgehead atoms. The molecule has 1 atom stereocenters. The molecule has 31 heavy (non-hydrogen) atoms. The maximum Gasteiger partial charge on any atom is 0.416 e. The first-order valence-electron chi connectivity index (χ1n) is 9.57. The van der Waals surface area contributed by atoms with Crippen LogP contribution in [-0.4, -0.2) is 52.4 Å². The Balaban J connectivity index is 1.50. The van der Waals surface area contributed by atoms with Gasteiger partial charge in [0.2, 0.25) is 0 Å². The van der Waals surface area contributed by atoms with Crippen LogP contribution < -0.4 is 4.74 Å². The van der Waals surface area contributed by atoms with Crippen molar-refractivity contribution in [2.75, 3.05) is 26.4 Å². The van der Waals surface area contributed by atoms with Gasteiger partial charge in [-0.3, -0.25) is 9.89 Å². The third-order valence-corrected chi connectivity index (χ3v) is 4.82. The van der Waals surface area contributed by atoms with Crippen LogP contribution in [0.4, 0.5) is 13.2 Å². The van der Waals surface area contributed by atoms with E-state index in [1.54, 1.807) is 29.2 Å². The Morgan fingerprint density at radius 3 is 2.77 bits per heavy atom. The van der Waals surface area contributed by atoms with Gasteiger partial charge >= 0.3 is 6.18 Å². The Morgan fingerprint density at radius 2 is 2.00 bits per heavy atom. The second-order valence-corrected chi connectivity index (χ2v) is 6.90. The topological polar surface area (TPSA) is 80.3 Å². The highest BCUT2D eigenvalue weighted by molar-refractivity contribution is 5.78. The second kappa shape index (κ2) is 8.76. The van der Waals surface area contributed by atoms with Crippen LogP contribution in [0.3, 0.4) is 0 Å². The zero-order chi connectivity index (χ0) is 21.8. The van der Waals surface area contributed by atoms with E-state index in [2.05, 4.69) is 15.2 Å². The molecule has 162 valence electrons. The molecule has 1 aliphatic rings. The van der Waals surface area contributed by atoms with E-state index in [4.69, 9.17) is 9.47 Å². The van der Waals surface area contributed by atoms with Crippen molar-refractivity contribution in [2.45, 2.75) is 12.2 Å². The van der Waals surface area contributed by atoms with Crippen LogP contribution in [0.2, 0.25) is 0 Å². The number of hydrogen-bond acceptors (Lipinski definition) is 5. The van der Waals surface area contributed by atoms with Crippen molar-refractivity contribution in [3.05, 3.63) is 66.0 Å². The summed E-state index contributed by atoms with van der Waals surface area (Å²) in [5.41, 5.74) is -0.563. The Labute approximate surface area is 175 Å². The maximum atomic E-state index is 13.0. The SMILES string of the molecule is O=C(COc1ccccc1)N1CCOCC1c1nc(-c2cccc(C(F)(F)F)c2)n[nH]1. The molecule has 1 N–H and O–H groups in total. The monoisotopic (exact) mass is 432 g/mol. The van der Waals surface area contributed by atoms with Crippen molar-refractivity contribution >= 4 is 5.91 Å². The summed E-state index contributed by atoms with van der Waals surface area (Å²) in [5.74, 6) is 0.765. The first-order chi connectivity index (χ1) is 14.9. The van der Waals surface area contributed by atoms with Gasteiger partial charge in [0.15, 0.2) is 12.4 Å². The normalized spacial score (nSPS) is 16.9. The summed E-state index contributed by atoms with van der Waals surface area (Å²) in [6.45, 7) is 0.729. The Kier molecular flexibility index (Phi) is 5.90. The summed E-state index contributed by atoms with van der Waals surface area (Å²) in [6, 6.07) is 13.2. The summed E-state index contributed by atoms with van der Waals surface area (Å²) in [6.07, 6.45) is -4.46. The van der Waals surface area contributed by atoms with Crippen LogP contribution in [0.5, 0.6) is 5.75 Å². The molecule has 2 aromatic carbocycles. The van der Waals surface area contributed by atoms with Gasteiger partial charge in [0, 0.05) is 12.1 Å². The fourth-order valence-electron chi connectivity index (χ4n) is 3.26. The molecule has 1 saturated heterocycles. The fourth-order valence-corrected chi connectivity index (χ4v) is 3.26. The van der Waals surface area contributed by atoms with Crippen LogP contribution in [0.25, 0.3) is 11.4 Å². The highest BCUT2D eigenvalue weighted by atomic mass is 19.4. The van der Waals surface area contributed by atoms with Crippen molar-refractivity contribution < 1.29 is 27.4 Å². The van der Waals surface area contributed by atoms with E-state index < -0.39 is 17.8 Å². The van der Waals surface area contributed by atoms with Gasteiger partial charge in [-0.05, 0) is 24.3 Å². The number of morpholine rings is 1. The third kappa shape index (κ3) is 4.85. The predicted octanol–water partition coefficient (Wildman–Crippen LogP) is 3.47. The van der Waals surface area contributed by atoms with E-state index in [9.17, 15) is 18.0 Å². The van der Waals surface area contributed by atoms with Crippen molar-refractivity contribution in [3.8, 4) is 17.1 Å². The van der Waals surface area contributed by atoms with Crippen LogP contribution in [0.1, 0.15) is 17.4 Å². The van der Waals surface area contributed by atoms with E-state index in [0.717, 1.165) is 12.1 Å². The minimum absolute atomic E-state index is 0.111. The number of halogens is 3. The molecule has 7 nitrogen and oxygen atoms in total. The van der Waals surface area contributed by atoms with Crippen molar-refractivity contribution in [1.29, 1.82) is 0 Å². The molecule has 10 heteroatoms. The lowest BCUT2D eigenvalue weighted by molar-refractivity contribution is -0.142. The van der Waals surface area contributed by atoms with Gasteiger partial charge in [-0.15, -0.1) is 0 Å². The molecule has 0 spiro atoms. The number of hydrogen-bond donors (Lipinski definition) is 1. The Hall–Kier alpha value is -3.40. The third-order valence-electron chi connectivity index (χ3n) is 4.82. The van der Waals surface area contributed by atoms with Crippen molar-refractivity contribution in [2.24, 2.45) is 0 Å². The minimum Gasteiger partial charge on any atom is -0.484 e. The molecule has 4 rings (SSSR count). The first-order valence-corrected chi connectivity index (χ1v) is 9.57. The quantitative estimate of drug-likeness (QED) is 0.668. The predicted molar refractivity (Wildman–Crippen MR) is 104 cm³/mol. The van der Waals surface area contributed by atoms with Crippen LogP contribution in [-0.2, 0) is 15.7 Å². The highest BCUT2D eigenvalue weighted by Gasteiger charge is 2.33. The van der Waals surface area contributed by atoms with E-state index in [1.165, 1.54) is 12.1 Å². The van der Waals surface area contributed by atoms with Gasteiger partial charge in [-0.1, -0.05) is 30.3 Å². The van der Waals surface area contributed by atoms with Gasteiger partial charge in [0.1, 0.15) is 17.6 Å². The Morgan fingerprint density at radius 1 is 1.19 bits per heavy atom. The molecule has 0 aliphatic carbocycles. The molecule has 2 heterocycles. The standard InChI is InChI=1S/C21H19F3N4O3/c22-21(23,24)15-6-4-5-14(11-15)19-25-20(27-26-19)17-12-30-10-9-28(17)18(29)13-31-16-7-2-1-3-8-16/h1-8,11,17H,9-10,12-13H2,(H,25,26,27).